The van der Waals surface area contributed by atoms with E-state index in [0.717, 1.165) is 19.3 Å². The van der Waals surface area contributed by atoms with Gasteiger partial charge in [-0.25, -0.2) is 0 Å². The number of rotatable bonds is 10. The van der Waals surface area contributed by atoms with Gasteiger partial charge in [0.1, 0.15) is 48.8 Å². The predicted molar refractivity (Wildman–Crippen MR) is 202 cm³/mol. The second-order valence-corrected chi connectivity index (χ2v) is 20.3. The van der Waals surface area contributed by atoms with Crippen molar-refractivity contribution in [1.82, 2.24) is 0 Å². The average molecular weight is 801 g/mol. The first kappa shape index (κ1) is 44.7. The lowest BCUT2D eigenvalue weighted by atomic mass is 9.34. The Bertz CT molecular complexity index is 1400. The molecule has 0 aromatic heterocycles. The summed E-state index contributed by atoms with van der Waals surface area (Å²) in [4.78, 5) is 0. The number of aliphatic hydroxyl groups is 10. The van der Waals surface area contributed by atoms with Gasteiger partial charge in [-0.2, -0.15) is 0 Å². The van der Waals surface area contributed by atoms with Gasteiger partial charge in [-0.3, -0.25) is 0 Å². The molecule has 4 saturated carbocycles. The quantitative estimate of drug-likeness (QED) is 0.110. The fraction of sp³-hybridized carbons (Fsp3) is 0.952. The molecule has 0 amide bonds. The highest BCUT2D eigenvalue weighted by Gasteiger charge is 2.73. The van der Waals surface area contributed by atoms with Crippen LogP contribution in [0, 0.1) is 45.3 Å². The molecule has 324 valence electrons. The van der Waals surface area contributed by atoms with Gasteiger partial charge in [-0.15, -0.1) is 0 Å². The Labute approximate surface area is 331 Å². The van der Waals surface area contributed by atoms with E-state index < -0.39 is 120 Å². The summed E-state index contributed by atoms with van der Waals surface area (Å²) in [6.07, 6.45) is -10.6. The van der Waals surface area contributed by atoms with Crippen molar-refractivity contribution in [3.05, 3.63) is 11.6 Å². The standard InChI is InChI=1S/C42H72O14/c1-20(2)10-9-13-42(8,52)21-11-15-40(6)28(21)22(45)16-26-39(5)14-12-27(46)38(3,4)35(39)23(17-41(26,40)7)53-37-34(32(50)30(48)25(19-44)55-37)56-36-33(51)31(49)29(47)24(18-43)54-36/h10,21-37,43-52H,9,11-19H2,1-8H3/t21-,22-,23-,24-,25-,26+,27-,28-,29+,30+,31-,32-,33-,34-,35-,36-,37-,39+,40+,41+,42-/m0/s1. The maximum Gasteiger partial charge on any atom is 0.187 e. The zero-order valence-corrected chi connectivity index (χ0v) is 34.6. The van der Waals surface area contributed by atoms with Crippen LogP contribution in [0.5, 0.6) is 0 Å². The van der Waals surface area contributed by atoms with Crippen LogP contribution in [-0.4, -0.2) is 150 Å². The van der Waals surface area contributed by atoms with Crippen molar-refractivity contribution < 1.29 is 70.0 Å². The number of aliphatic hydroxyl groups excluding tert-OH is 9. The van der Waals surface area contributed by atoms with Gasteiger partial charge in [0.2, 0.25) is 0 Å². The third-order valence-electron chi connectivity index (χ3n) is 16.5. The molecule has 6 aliphatic rings. The molecular weight excluding hydrogens is 728 g/mol. The van der Waals surface area contributed by atoms with Crippen LogP contribution in [0.3, 0.4) is 0 Å². The SMILES string of the molecule is CC(C)=CCC[C@](C)(O)[C@H]1CC[C@]2(C)[C@@H]1[C@@H](O)C[C@@H]1[C@@]3(C)CC[C@H](O)C(C)(C)[C@@H]3[C@@H](O[C@H]3O[C@@H](CO)[C@@H](O)[C@H](O)[C@@H]3O[C@@H]3O[C@@H](CO)[C@@H](O)[C@H](O)[C@@H]3O)C[C@]12C. The Morgan fingerprint density at radius 2 is 1.38 bits per heavy atom. The highest BCUT2D eigenvalue weighted by atomic mass is 16.8. The average Bonchev–Trinajstić information content (AvgIpc) is 3.51. The number of allylic oxidation sites excluding steroid dienone is 2. The minimum atomic E-state index is -1.81. The van der Waals surface area contributed by atoms with Crippen molar-refractivity contribution >= 4 is 0 Å². The van der Waals surface area contributed by atoms with Crippen molar-refractivity contribution in [1.29, 1.82) is 0 Å². The molecule has 2 saturated heterocycles. The highest BCUT2D eigenvalue weighted by Crippen LogP contribution is 2.76. The van der Waals surface area contributed by atoms with E-state index in [4.69, 9.17) is 18.9 Å². The molecule has 2 heterocycles. The first-order chi connectivity index (χ1) is 26.0. The van der Waals surface area contributed by atoms with Crippen LogP contribution in [0.2, 0.25) is 0 Å². The van der Waals surface area contributed by atoms with E-state index in [1.54, 1.807) is 0 Å². The number of fused-ring (bicyclic) bond motifs is 5. The molecule has 10 N–H and O–H groups in total. The summed E-state index contributed by atoms with van der Waals surface area (Å²) >= 11 is 0. The molecule has 2 aliphatic heterocycles. The summed E-state index contributed by atoms with van der Waals surface area (Å²) in [7, 11) is 0. The lowest BCUT2D eigenvalue weighted by Gasteiger charge is -2.72. The number of hydrogen-bond acceptors (Lipinski definition) is 14. The molecule has 0 bridgehead atoms. The molecule has 14 heteroatoms. The largest absolute Gasteiger partial charge is 0.394 e. The molecule has 0 radical (unpaired) electrons. The van der Waals surface area contributed by atoms with E-state index in [1.165, 1.54) is 5.57 Å². The van der Waals surface area contributed by atoms with Gasteiger partial charge < -0.3 is 70.0 Å². The maximum atomic E-state index is 12.3. The summed E-state index contributed by atoms with van der Waals surface area (Å²) in [5, 5.41) is 110. The zero-order valence-electron chi connectivity index (χ0n) is 34.6. The molecule has 6 fully saturated rings. The van der Waals surface area contributed by atoms with E-state index in [0.29, 0.717) is 32.1 Å². The van der Waals surface area contributed by atoms with Gasteiger partial charge in [0.25, 0.3) is 0 Å². The van der Waals surface area contributed by atoms with Gasteiger partial charge in [-0.05, 0) is 117 Å². The van der Waals surface area contributed by atoms with Crippen LogP contribution >= 0.6 is 0 Å². The molecule has 14 nitrogen and oxygen atoms in total. The fourth-order valence-electron chi connectivity index (χ4n) is 13.4. The molecule has 0 spiro atoms. The Kier molecular flexibility index (Phi) is 12.7. The van der Waals surface area contributed by atoms with Crippen LogP contribution in [0.25, 0.3) is 0 Å². The van der Waals surface area contributed by atoms with E-state index in [9.17, 15) is 51.1 Å². The van der Waals surface area contributed by atoms with Gasteiger partial charge in [0, 0.05) is 0 Å². The summed E-state index contributed by atoms with van der Waals surface area (Å²) in [5.41, 5.74) is -1.85. The summed E-state index contributed by atoms with van der Waals surface area (Å²) < 4.78 is 24.9. The topological polar surface area (TPSA) is 239 Å². The lowest BCUT2D eigenvalue weighted by molar-refractivity contribution is -0.383. The van der Waals surface area contributed by atoms with E-state index >= 15 is 0 Å². The van der Waals surface area contributed by atoms with Crippen LogP contribution < -0.4 is 0 Å². The predicted octanol–water partition coefficient (Wildman–Crippen LogP) is 1.12. The third kappa shape index (κ3) is 7.16. The van der Waals surface area contributed by atoms with Crippen molar-refractivity contribution in [3.63, 3.8) is 0 Å². The van der Waals surface area contributed by atoms with Gasteiger partial charge in [0.15, 0.2) is 12.6 Å². The summed E-state index contributed by atoms with van der Waals surface area (Å²) in [6.45, 7) is 15.5. The molecule has 4 aliphatic carbocycles. The van der Waals surface area contributed by atoms with Crippen LogP contribution in [0.15, 0.2) is 11.6 Å². The second-order valence-electron chi connectivity index (χ2n) is 20.3. The molecule has 21 atom stereocenters. The molecule has 0 unspecified atom stereocenters. The van der Waals surface area contributed by atoms with Crippen molar-refractivity contribution in [2.45, 2.75) is 192 Å². The van der Waals surface area contributed by atoms with Crippen LogP contribution in [0.4, 0.5) is 0 Å². The highest BCUT2D eigenvalue weighted by molar-refractivity contribution is 5.22. The smallest absolute Gasteiger partial charge is 0.187 e. The summed E-state index contributed by atoms with van der Waals surface area (Å²) in [5.74, 6) is -0.623. The molecule has 0 aromatic rings. The second kappa shape index (κ2) is 15.9. The monoisotopic (exact) mass is 800 g/mol. The normalized spacial score (nSPS) is 52.6. The minimum absolute atomic E-state index is 0.0169. The fourth-order valence-corrected chi connectivity index (χ4v) is 13.4. The Balaban J connectivity index is 1.38. The lowest BCUT2D eigenvalue weighted by Crippen LogP contribution is -2.71. The Morgan fingerprint density at radius 1 is 0.768 bits per heavy atom. The third-order valence-corrected chi connectivity index (χ3v) is 16.5. The number of ether oxygens (including phenoxy) is 4. The van der Waals surface area contributed by atoms with Gasteiger partial charge in [0.05, 0.1) is 37.1 Å². The van der Waals surface area contributed by atoms with Crippen LogP contribution in [0.1, 0.15) is 107 Å². The van der Waals surface area contributed by atoms with Gasteiger partial charge in [-0.1, -0.05) is 46.3 Å². The maximum absolute atomic E-state index is 12.3. The number of hydrogen-bond donors (Lipinski definition) is 10. The van der Waals surface area contributed by atoms with E-state index in [2.05, 4.69) is 26.8 Å². The van der Waals surface area contributed by atoms with Crippen molar-refractivity contribution in [3.8, 4) is 0 Å². The van der Waals surface area contributed by atoms with E-state index in [1.807, 2.05) is 34.6 Å². The first-order valence-electron chi connectivity index (χ1n) is 21.0. The van der Waals surface area contributed by atoms with Gasteiger partial charge >= 0.3 is 0 Å². The Morgan fingerprint density at radius 3 is 1.98 bits per heavy atom. The molecule has 6 rings (SSSR count). The Hall–Kier alpha value is -0.820. The summed E-state index contributed by atoms with van der Waals surface area (Å²) in [6, 6.07) is 0. The molecule has 56 heavy (non-hydrogen) atoms. The van der Waals surface area contributed by atoms with Crippen LogP contribution in [-0.2, 0) is 18.9 Å². The zero-order chi connectivity index (χ0) is 41.5. The molecular formula is C42H72O14. The van der Waals surface area contributed by atoms with Crippen molar-refractivity contribution in [2.24, 2.45) is 45.3 Å². The van der Waals surface area contributed by atoms with E-state index in [-0.39, 0.29) is 23.7 Å². The van der Waals surface area contributed by atoms with Crippen molar-refractivity contribution in [2.75, 3.05) is 13.2 Å². The minimum Gasteiger partial charge on any atom is -0.394 e. The molecule has 0 aromatic carbocycles. The first-order valence-corrected chi connectivity index (χ1v) is 21.0.